The van der Waals surface area contributed by atoms with Gasteiger partial charge < -0.3 is 4.74 Å². The fourth-order valence-electron chi connectivity index (χ4n) is 3.34. The molecule has 0 spiro atoms. The second-order valence-corrected chi connectivity index (χ2v) is 8.75. The second-order valence-electron chi connectivity index (χ2n) is 8.34. The van der Waals surface area contributed by atoms with E-state index in [1.54, 1.807) is 37.5 Å². The molecule has 0 aliphatic heterocycles. The van der Waals surface area contributed by atoms with Crippen molar-refractivity contribution in [2.45, 2.75) is 33.3 Å². The Morgan fingerprint density at radius 2 is 1.88 bits per heavy atom. The summed E-state index contributed by atoms with van der Waals surface area (Å²) in [5.74, 6) is 0.161. The minimum atomic E-state index is -0.592. The van der Waals surface area contributed by atoms with Gasteiger partial charge in [-0.2, -0.15) is 0 Å². The highest BCUT2D eigenvalue weighted by Gasteiger charge is 2.17. The molecule has 2 aromatic carbocycles. The van der Waals surface area contributed by atoms with Crippen molar-refractivity contribution in [2.75, 3.05) is 5.32 Å². The molecule has 0 aliphatic carbocycles. The Kier molecular flexibility index (Phi) is 5.60. The number of anilines is 1. The van der Waals surface area contributed by atoms with E-state index >= 15 is 0 Å². The summed E-state index contributed by atoms with van der Waals surface area (Å²) in [6.07, 6.45) is -0.531. The van der Waals surface area contributed by atoms with E-state index in [0.717, 1.165) is 5.56 Å². The van der Waals surface area contributed by atoms with Crippen molar-refractivity contribution in [3.63, 3.8) is 0 Å². The number of ether oxygens (including phenoxy) is 1. The van der Waals surface area contributed by atoms with Crippen molar-refractivity contribution in [3.05, 3.63) is 71.3 Å². The maximum atomic E-state index is 14.1. The molecule has 32 heavy (non-hydrogen) atoms. The largest absolute Gasteiger partial charge is 0.444 e. The summed E-state index contributed by atoms with van der Waals surface area (Å²) in [6, 6.07) is 15.6. The van der Waals surface area contributed by atoms with Crippen molar-refractivity contribution in [1.29, 1.82) is 0 Å². The van der Waals surface area contributed by atoms with E-state index in [2.05, 4.69) is 10.3 Å². The first-order valence-electron chi connectivity index (χ1n) is 10.0. The van der Waals surface area contributed by atoms with Gasteiger partial charge in [-0.25, -0.2) is 19.2 Å². The van der Waals surface area contributed by atoms with Crippen LogP contribution in [0.1, 0.15) is 26.6 Å². The number of benzene rings is 2. The Morgan fingerprint density at radius 1 is 1.09 bits per heavy atom. The zero-order valence-corrected chi connectivity index (χ0v) is 18.9. The fraction of sp³-hybridized carbons (Fsp3) is 0.208. The number of fused-ring (bicyclic) bond motifs is 1. The van der Waals surface area contributed by atoms with Crippen molar-refractivity contribution >= 4 is 34.5 Å². The molecule has 0 fully saturated rings. The average Bonchev–Trinajstić information content (AvgIpc) is 3.03. The van der Waals surface area contributed by atoms with E-state index in [4.69, 9.17) is 21.3 Å². The number of halogens is 2. The number of nitrogens with one attached hydrogen (secondary N) is 1. The zero-order chi connectivity index (χ0) is 23.0. The molecule has 0 aliphatic rings. The van der Waals surface area contributed by atoms with Crippen LogP contribution in [0.3, 0.4) is 0 Å². The van der Waals surface area contributed by atoms with Crippen LogP contribution in [0.25, 0.3) is 28.1 Å². The molecule has 2 aromatic heterocycles. The van der Waals surface area contributed by atoms with Gasteiger partial charge in [0, 0.05) is 11.3 Å². The highest BCUT2D eigenvalue weighted by atomic mass is 35.5. The number of pyridine rings is 1. The van der Waals surface area contributed by atoms with Gasteiger partial charge in [0.15, 0.2) is 5.65 Å². The predicted molar refractivity (Wildman–Crippen MR) is 124 cm³/mol. The SMILES string of the molecule is Cc1nc2ccc(-c3cccc(NC(=O)OC(C)(C)C)c3)nc2n1-c1ccc(Cl)c(F)c1. The third-order valence-corrected chi connectivity index (χ3v) is 4.94. The van der Waals surface area contributed by atoms with Crippen molar-refractivity contribution in [3.8, 4) is 16.9 Å². The number of aromatic nitrogens is 3. The van der Waals surface area contributed by atoms with Crippen molar-refractivity contribution in [2.24, 2.45) is 0 Å². The van der Waals surface area contributed by atoms with Crippen molar-refractivity contribution < 1.29 is 13.9 Å². The van der Waals surface area contributed by atoms with Crippen LogP contribution in [0.2, 0.25) is 5.02 Å². The number of hydrogen-bond acceptors (Lipinski definition) is 4. The number of imidazole rings is 1. The van der Waals surface area contributed by atoms with Gasteiger partial charge in [0.2, 0.25) is 0 Å². The van der Waals surface area contributed by atoms with Crippen LogP contribution >= 0.6 is 11.6 Å². The maximum Gasteiger partial charge on any atom is 0.412 e. The van der Waals surface area contributed by atoms with E-state index in [1.807, 2.05) is 37.3 Å². The summed E-state index contributed by atoms with van der Waals surface area (Å²) < 4.78 is 21.2. The van der Waals surface area contributed by atoms with Crippen LogP contribution in [0.5, 0.6) is 0 Å². The molecule has 8 heteroatoms. The summed E-state index contributed by atoms with van der Waals surface area (Å²) in [6.45, 7) is 7.25. The fourth-order valence-corrected chi connectivity index (χ4v) is 3.46. The molecular formula is C24H22ClFN4O2. The van der Waals surface area contributed by atoms with Gasteiger partial charge in [-0.1, -0.05) is 23.7 Å². The molecule has 164 valence electrons. The number of rotatable bonds is 3. The molecule has 0 saturated carbocycles. The minimum Gasteiger partial charge on any atom is -0.444 e. The molecular weight excluding hydrogens is 431 g/mol. The highest BCUT2D eigenvalue weighted by molar-refractivity contribution is 6.30. The summed E-state index contributed by atoms with van der Waals surface area (Å²) >= 11 is 5.84. The number of carbonyl (C=O) groups excluding carboxylic acids is 1. The normalized spacial score (nSPS) is 11.6. The molecule has 4 aromatic rings. The predicted octanol–water partition coefficient (Wildman–Crippen LogP) is 6.54. The van der Waals surface area contributed by atoms with Gasteiger partial charge >= 0.3 is 6.09 Å². The molecule has 0 bridgehead atoms. The van der Waals surface area contributed by atoms with Crippen LogP contribution in [-0.4, -0.2) is 26.2 Å². The molecule has 6 nitrogen and oxygen atoms in total. The number of hydrogen-bond donors (Lipinski definition) is 1. The van der Waals surface area contributed by atoms with Gasteiger partial charge in [-0.05, 0) is 70.2 Å². The lowest BCUT2D eigenvalue weighted by Gasteiger charge is -2.19. The van der Waals surface area contributed by atoms with E-state index < -0.39 is 17.5 Å². The molecule has 1 N–H and O–H groups in total. The quantitative estimate of drug-likeness (QED) is 0.383. The van der Waals surface area contributed by atoms with Crippen LogP contribution in [0.15, 0.2) is 54.6 Å². The number of carbonyl (C=O) groups is 1. The van der Waals surface area contributed by atoms with Gasteiger partial charge in [-0.15, -0.1) is 0 Å². The molecule has 2 heterocycles. The first-order chi connectivity index (χ1) is 15.1. The lowest BCUT2D eigenvalue weighted by Crippen LogP contribution is -2.27. The summed E-state index contributed by atoms with van der Waals surface area (Å²) in [7, 11) is 0. The van der Waals surface area contributed by atoms with Crippen LogP contribution in [0, 0.1) is 12.7 Å². The highest BCUT2D eigenvalue weighted by Crippen LogP contribution is 2.27. The standard InChI is InChI=1S/C24H22ClFN4O2/c1-14-27-21-11-10-20(29-22(21)30(14)17-8-9-18(25)19(26)13-17)15-6-5-7-16(12-15)28-23(31)32-24(2,3)4/h5-13H,1-4H3,(H,28,31). The van der Waals surface area contributed by atoms with E-state index in [9.17, 15) is 9.18 Å². The second kappa shape index (κ2) is 8.24. The molecule has 4 rings (SSSR count). The van der Waals surface area contributed by atoms with Crippen molar-refractivity contribution in [1.82, 2.24) is 14.5 Å². The average molecular weight is 453 g/mol. The summed E-state index contributed by atoms with van der Waals surface area (Å²) in [4.78, 5) is 21.4. The Balaban J connectivity index is 1.72. The Bertz CT molecular complexity index is 1330. The molecule has 0 saturated heterocycles. The van der Waals surface area contributed by atoms with E-state index in [1.165, 1.54) is 12.1 Å². The lowest BCUT2D eigenvalue weighted by molar-refractivity contribution is 0.0636. The van der Waals surface area contributed by atoms with E-state index in [-0.39, 0.29) is 5.02 Å². The third-order valence-electron chi connectivity index (χ3n) is 4.64. The van der Waals surface area contributed by atoms with E-state index in [0.29, 0.717) is 34.1 Å². The van der Waals surface area contributed by atoms with Gasteiger partial charge in [0.1, 0.15) is 22.8 Å². The number of aryl methyl sites for hydroxylation is 1. The minimum absolute atomic E-state index is 0.0544. The number of nitrogens with zero attached hydrogens (tertiary/aromatic N) is 3. The smallest absolute Gasteiger partial charge is 0.412 e. The molecule has 1 amide bonds. The molecule has 0 radical (unpaired) electrons. The van der Waals surface area contributed by atoms with Crippen LogP contribution in [0.4, 0.5) is 14.9 Å². The first-order valence-corrected chi connectivity index (χ1v) is 10.4. The maximum absolute atomic E-state index is 14.1. The molecule has 0 unspecified atom stereocenters. The Hall–Kier alpha value is -3.45. The van der Waals surface area contributed by atoms with Gasteiger partial charge in [-0.3, -0.25) is 9.88 Å². The zero-order valence-electron chi connectivity index (χ0n) is 18.1. The van der Waals surface area contributed by atoms with Gasteiger partial charge in [0.05, 0.1) is 16.4 Å². The monoisotopic (exact) mass is 452 g/mol. The van der Waals surface area contributed by atoms with Crippen LogP contribution in [-0.2, 0) is 4.74 Å². The summed E-state index contributed by atoms with van der Waals surface area (Å²) in [5, 5.41) is 2.79. The Labute approximate surface area is 190 Å². The number of amides is 1. The third kappa shape index (κ3) is 4.57. The lowest BCUT2D eigenvalue weighted by atomic mass is 10.1. The first kappa shape index (κ1) is 21.8. The topological polar surface area (TPSA) is 69.0 Å². The molecule has 0 atom stereocenters. The van der Waals surface area contributed by atoms with Crippen LogP contribution < -0.4 is 5.32 Å². The van der Waals surface area contributed by atoms with Gasteiger partial charge in [0.25, 0.3) is 0 Å². The Morgan fingerprint density at radius 3 is 2.59 bits per heavy atom. The summed E-state index contributed by atoms with van der Waals surface area (Å²) in [5.41, 5.74) is 3.33.